The van der Waals surface area contributed by atoms with Crippen LogP contribution in [0.2, 0.25) is 5.02 Å². The number of carbonyl (C=O) groups is 1. The van der Waals surface area contributed by atoms with E-state index in [9.17, 15) is 18.0 Å². The molecule has 1 fully saturated rings. The van der Waals surface area contributed by atoms with Gasteiger partial charge in [-0.05, 0) is 54.8 Å². The number of hydrogen-bond acceptors (Lipinski definition) is 7. The highest BCUT2D eigenvalue weighted by atomic mass is 35.5. The number of quaternary nitrogens is 1. The van der Waals surface area contributed by atoms with E-state index < -0.39 is 24.3 Å². The number of rotatable bonds is 12. The van der Waals surface area contributed by atoms with Crippen LogP contribution in [0, 0.1) is 5.41 Å². The molecule has 3 N–H and O–H groups in total. The van der Waals surface area contributed by atoms with Gasteiger partial charge in [-0.15, -0.1) is 0 Å². The zero-order chi connectivity index (χ0) is 30.8. The number of nitrogens with zero attached hydrogens (tertiary/aromatic N) is 4. The number of carbonyl (C=O) groups excluding carboxylic acids is 1. The molecule has 0 spiro atoms. The van der Waals surface area contributed by atoms with Gasteiger partial charge in [-0.3, -0.25) is 4.79 Å². The zero-order valence-corrected chi connectivity index (χ0v) is 25.0. The number of aromatic nitrogens is 3. The van der Waals surface area contributed by atoms with Gasteiger partial charge >= 0.3 is 12.2 Å². The Labute approximate surface area is 248 Å². The van der Waals surface area contributed by atoms with Gasteiger partial charge in [-0.2, -0.15) is 28.1 Å². The fourth-order valence-electron chi connectivity index (χ4n) is 4.87. The standard InChI is InChI=1S/C29H35ClF3N7O2/c1-27(2,17-40(3,4)5)16-34-23(41)19-6-12-22(13-7-19)35-24-36-25(38-26(37-24)42-18-29(31,32)33)39-28(14-15-28)20-8-10-21(30)11-9-20/h6-13H,14-18H2,1-5H3,(H2-,34,35,36,37,38,39,41)/p+1. The molecule has 1 aromatic heterocycles. The number of amides is 1. The SMILES string of the molecule is CC(C)(CNC(=O)c1ccc(Nc2nc(NC3(c4ccc(Cl)cc4)CC3)nc(OCC(F)(F)F)n2)cc1)C[N+](C)(C)C. The number of ether oxygens (including phenoxy) is 1. The summed E-state index contributed by atoms with van der Waals surface area (Å²) < 4.78 is 44.2. The molecule has 13 heteroatoms. The van der Waals surface area contributed by atoms with Crippen LogP contribution < -0.4 is 20.7 Å². The second-order valence-corrected chi connectivity index (χ2v) is 12.8. The lowest BCUT2D eigenvalue weighted by molar-refractivity contribution is -0.876. The van der Waals surface area contributed by atoms with Crippen molar-refractivity contribution in [2.75, 3.05) is 51.5 Å². The number of hydrogen-bond donors (Lipinski definition) is 3. The first-order valence-electron chi connectivity index (χ1n) is 13.5. The van der Waals surface area contributed by atoms with E-state index in [-0.39, 0.29) is 23.2 Å². The number of halogens is 4. The van der Waals surface area contributed by atoms with Crippen LogP contribution >= 0.6 is 11.6 Å². The lowest BCUT2D eigenvalue weighted by Crippen LogP contribution is -2.47. The van der Waals surface area contributed by atoms with Crippen molar-refractivity contribution in [3.8, 4) is 6.01 Å². The average Bonchev–Trinajstić information content (AvgIpc) is 3.65. The Kier molecular flexibility index (Phi) is 8.89. The number of nitrogens with one attached hydrogen (secondary N) is 3. The van der Waals surface area contributed by atoms with E-state index in [1.165, 1.54) is 0 Å². The Balaban J connectivity index is 1.48. The zero-order valence-electron chi connectivity index (χ0n) is 24.3. The molecule has 1 aliphatic rings. The minimum Gasteiger partial charge on any atom is -0.454 e. The third-order valence-corrected chi connectivity index (χ3v) is 6.76. The summed E-state index contributed by atoms with van der Waals surface area (Å²) in [5.74, 6) is -0.164. The molecular weight excluding hydrogens is 571 g/mol. The Morgan fingerprint density at radius 1 is 0.976 bits per heavy atom. The van der Waals surface area contributed by atoms with Crippen LogP contribution in [0.25, 0.3) is 0 Å². The quantitative estimate of drug-likeness (QED) is 0.225. The van der Waals surface area contributed by atoms with Crippen LogP contribution in [-0.4, -0.2) is 72.4 Å². The number of alkyl halides is 3. The molecule has 2 aromatic carbocycles. The van der Waals surface area contributed by atoms with Crippen LogP contribution in [0.1, 0.15) is 42.6 Å². The van der Waals surface area contributed by atoms with E-state index in [0.717, 1.165) is 29.4 Å². The molecule has 4 rings (SSSR count). The summed E-state index contributed by atoms with van der Waals surface area (Å²) in [6.07, 6.45) is -3.01. The molecule has 9 nitrogen and oxygen atoms in total. The number of benzene rings is 2. The highest BCUT2D eigenvalue weighted by Gasteiger charge is 2.45. The maximum Gasteiger partial charge on any atom is 0.422 e. The van der Waals surface area contributed by atoms with Gasteiger partial charge in [-0.25, -0.2) is 0 Å². The summed E-state index contributed by atoms with van der Waals surface area (Å²) in [6.45, 7) is 4.06. The predicted octanol–water partition coefficient (Wildman–Crippen LogP) is 5.77. The minimum atomic E-state index is -4.56. The van der Waals surface area contributed by atoms with E-state index in [2.05, 4.69) is 65.9 Å². The van der Waals surface area contributed by atoms with Crippen molar-refractivity contribution in [1.29, 1.82) is 0 Å². The molecule has 0 atom stereocenters. The van der Waals surface area contributed by atoms with Gasteiger partial charge in [0.1, 0.15) is 0 Å². The van der Waals surface area contributed by atoms with E-state index in [0.29, 0.717) is 22.8 Å². The monoisotopic (exact) mass is 606 g/mol. The first kappa shape index (κ1) is 31.3. The van der Waals surface area contributed by atoms with Gasteiger partial charge in [-0.1, -0.05) is 37.6 Å². The average molecular weight is 607 g/mol. The topological polar surface area (TPSA) is 101 Å². The van der Waals surface area contributed by atoms with Crippen LogP contribution in [0.15, 0.2) is 48.5 Å². The van der Waals surface area contributed by atoms with Crippen molar-refractivity contribution in [2.45, 2.75) is 38.4 Å². The molecule has 1 amide bonds. The fraction of sp³-hybridized carbons (Fsp3) is 0.448. The van der Waals surface area contributed by atoms with Gasteiger partial charge in [0.2, 0.25) is 11.9 Å². The maximum absolute atomic E-state index is 12.8. The fourth-order valence-corrected chi connectivity index (χ4v) is 4.99. The molecule has 1 aliphatic carbocycles. The molecule has 0 radical (unpaired) electrons. The first-order chi connectivity index (χ1) is 19.5. The number of anilines is 3. The Bertz CT molecular complexity index is 1390. The maximum atomic E-state index is 12.8. The summed E-state index contributed by atoms with van der Waals surface area (Å²) in [5, 5.41) is 9.78. The van der Waals surface area contributed by atoms with Crippen molar-refractivity contribution >= 4 is 35.1 Å². The molecule has 3 aromatic rings. The third-order valence-electron chi connectivity index (χ3n) is 6.51. The molecule has 1 heterocycles. The first-order valence-corrected chi connectivity index (χ1v) is 13.8. The largest absolute Gasteiger partial charge is 0.454 e. The van der Waals surface area contributed by atoms with Crippen molar-refractivity contribution in [3.05, 3.63) is 64.7 Å². The summed E-state index contributed by atoms with van der Waals surface area (Å²) >= 11 is 6.02. The molecule has 0 unspecified atom stereocenters. The normalized spacial score (nSPS) is 14.7. The van der Waals surface area contributed by atoms with Crippen LogP contribution in [-0.2, 0) is 5.54 Å². The molecule has 0 aliphatic heterocycles. The van der Waals surface area contributed by atoms with E-state index in [1.807, 2.05) is 12.1 Å². The van der Waals surface area contributed by atoms with Crippen molar-refractivity contribution < 1.29 is 27.2 Å². The molecule has 226 valence electrons. The Morgan fingerprint density at radius 2 is 1.60 bits per heavy atom. The lowest BCUT2D eigenvalue weighted by atomic mass is 9.92. The van der Waals surface area contributed by atoms with E-state index in [4.69, 9.17) is 16.3 Å². The Hall–Kier alpha value is -3.64. The molecule has 1 saturated carbocycles. The van der Waals surface area contributed by atoms with Gasteiger partial charge in [0.25, 0.3) is 5.91 Å². The summed E-state index contributed by atoms with van der Waals surface area (Å²) in [4.78, 5) is 25.2. The van der Waals surface area contributed by atoms with Crippen LogP contribution in [0.5, 0.6) is 6.01 Å². The van der Waals surface area contributed by atoms with Crippen molar-refractivity contribution in [1.82, 2.24) is 20.3 Å². The third kappa shape index (κ3) is 9.18. The van der Waals surface area contributed by atoms with Crippen LogP contribution in [0.4, 0.5) is 30.8 Å². The highest BCUT2D eigenvalue weighted by molar-refractivity contribution is 6.30. The second-order valence-electron chi connectivity index (χ2n) is 12.4. The van der Waals surface area contributed by atoms with Gasteiger partial charge in [0, 0.05) is 28.2 Å². The van der Waals surface area contributed by atoms with Gasteiger partial charge < -0.3 is 25.2 Å². The predicted molar refractivity (Wildman–Crippen MR) is 156 cm³/mol. The molecular formula is C29H36ClF3N7O2+. The Morgan fingerprint density at radius 3 is 2.17 bits per heavy atom. The molecule has 0 saturated heterocycles. The van der Waals surface area contributed by atoms with Crippen LogP contribution in [0.3, 0.4) is 0 Å². The van der Waals surface area contributed by atoms with Crippen molar-refractivity contribution in [3.63, 3.8) is 0 Å². The molecule has 0 bridgehead atoms. The van der Waals surface area contributed by atoms with Crippen molar-refractivity contribution in [2.24, 2.45) is 5.41 Å². The smallest absolute Gasteiger partial charge is 0.422 e. The summed E-state index contributed by atoms with van der Waals surface area (Å²) in [7, 11) is 6.32. The highest BCUT2D eigenvalue weighted by Crippen LogP contribution is 2.48. The summed E-state index contributed by atoms with van der Waals surface area (Å²) in [6, 6.07) is 13.4. The second kappa shape index (κ2) is 11.9. The van der Waals surface area contributed by atoms with Gasteiger partial charge in [0.15, 0.2) is 6.61 Å². The van der Waals surface area contributed by atoms with E-state index in [1.54, 1.807) is 36.4 Å². The lowest BCUT2D eigenvalue weighted by Gasteiger charge is -2.34. The minimum absolute atomic E-state index is 0.0177. The van der Waals surface area contributed by atoms with E-state index >= 15 is 0 Å². The van der Waals surface area contributed by atoms with Gasteiger partial charge in [0.05, 0.1) is 33.2 Å². The molecule has 42 heavy (non-hydrogen) atoms. The summed E-state index contributed by atoms with van der Waals surface area (Å²) in [5.41, 5.74) is 1.37.